The molecule has 2 nitrogen and oxygen atoms in total. The van der Waals surface area contributed by atoms with Crippen molar-refractivity contribution >= 4 is 15.9 Å². The SMILES string of the molecule is CCNC(c1ccnc(C)c1)c1cc(Br)ccc1F. The minimum atomic E-state index is -0.205. The van der Waals surface area contributed by atoms with E-state index in [9.17, 15) is 4.39 Å². The number of hydrogen-bond donors (Lipinski definition) is 1. The van der Waals surface area contributed by atoms with Gasteiger partial charge in [-0.1, -0.05) is 22.9 Å². The first kappa shape index (κ1) is 14.2. The van der Waals surface area contributed by atoms with E-state index in [4.69, 9.17) is 0 Å². The van der Waals surface area contributed by atoms with Gasteiger partial charge >= 0.3 is 0 Å². The van der Waals surface area contributed by atoms with Gasteiger partial charge in [-0.2, -0.15) is 0 Å². The quantitative estimate of drug-likeness (QED) is 0.920. The zero-order valence-corrected chi connectivity index (χ0v) is 12.5. The van der Waals surface area contributed by atoms with Crippen LogP contribution in [0.1, 0.15) is 29.8 Å². The van der Waals surface area contributed by atoms with Gasteiger partial charge in [0.1, 0.15) is 5.82 Å². The van der Waals surface area contributed by atoms with Crippen molar-refractivity contribution in [1.29, 1.82) is 0 Å². The van der Waals surface area contributed by atoms with Crippen molar-refractivity contribution in [3.05, 3.63) is 63.6 Å². The van der Waals surface area contributed by atoms with Gasteiger partial charge in [-0.15, -0.1) is 0 Å². The lowest BCUT2D eigenvalue weighted by Crippen LogP contribution is -2.23. The Morgan fingerprint density at radius 2 is 2.11 bits per heavy atom. The van der Waals surface area contributed by atoms with Gasteiger partial charge in [0, 0.05) is 21.9 Å². The summed E-state index contributed by atoms with van der Waals surface area (Å²) >= 11 is 3.40. The second-order valence-corrected chi connectivity index (χ2v) is 5.30. The van der Waals surface area contributed by atoms with Gasteiger partial charge in [0.2, 0.25) is 0 Å². The Bertz CT molecular complexity index is 572. The summed E-state index contributed by atoms with van der Waals surface area (Å²) in [5.41, 5.74) is 2.59. The Balaban J connectivity index is 2.48. The highest BCUT2D eigenvalue weighted by atomic mass is 79.9. The Hall–Kier alpha value is -1.26. The fourth-order valence-corrected chi connectivity index (χ4v) is 2.47. The number of rotatable bonds is 4. The summed E-state index contributed by atoms with van der Waals surface area (Å²) in [6, 6.07) is 8.74. The monoisotopic (exact) mass is 322 g/mol. The summed E-state index contributed by atoms with van der Waals surface area (Å²) in [5, 5.41) is 3.32. The lowest BCUT2D eigenvalue weighted by atomic mass is 9.98. The van der Waals surface area contributed by atoms with E-state index >= 15 is 0 Å². The minimum Gasteiger partial charge on any atom is -0.306 e. The summed E-state index contributed by atoms with van der Waals surface area (Å²) in [5.74, 6) is -0.205. The highest BCUT2D eigenvalue weighted by Gasteiger charge is 2.17. The Morgan fingerprint density at radius 1 is 1.32 bits per heavy atom. The fourth-order valence-electron chi connectivity index (χ4n) is 2.09. The molecule has 1 N–H and O–H groups in total. The van der Waals surface area contributed by atoms with Crippen molar-refractivity contribution in [1.82, 2.24) is 10.3 Å². The molecule has 1 unspecified atom stereocenters. The highest BCUT2D eigenvalue weighted by molar-refractivity contribution is 9.10. The molecule has 4 heteroatoms. The molecule has 0 saturated carbocycles. The molecular weight excluding hydrogens is 307 g/mol. The summed E-state index contributed by atoms with van der Waals surface area (Å²) < 4.78 is 14.9. The molecule has 2 rings (SSSR count). The number of nitrogens with zero attached hydrogens (tertiary/aromatic N) is 1. The molecule has 2 aromatic rings. The molecule has 0 aliphatic heterocycles. The first-order valence-electron chi connectivity index (χ1n) is 6.22. The fraction of sp³-hybridized carbons (Fsp3) is 0.267. The Kier molecular flexibility index (Phi) is 4.66. The topological polar surface area (TPSA) is 24.9 Å². The second kappa shape index (κ2) is 6.26. The van der Waals surface area contributed by atoms with Crippen LogP contribution in [-0.4, -0.2) is 11.5 Å². The van der Waals surface area contributed by atoms with Crippen LogP contribution in [0, 0.1) is 12.7 Å². The smallest absolute Gasteiger partial charge is 0.128 e. The minimum absolute atomic E-state index is 0.163. The van der Waals surface area contributed by atoms with Crippen LogP contribution >= 0.6 is 15.9 Å². The van der Waals surface area contributed by atoms with Crippen LogP contribution in [0.25, 0.3) is 0 Å². The second-order valence-electron chi connectivity index (χ2n) is 4.39. The largest absolute Gasteiger partial charge is 0.306 e. The van der Waals surface area contributed by atoms with Gasteiger partial charge in [-0.05, 0) is 49.4 Å². The molecule has 0 fully saturated rings. The summed E-state index contributed by atoms with van der Waals surface area (Å²) in [7, 11) is 0. The average Bonchev–Trinajstić information content (AvgIpc) is 2.39. The number of nitrogens with one attached hydrogen (secondary N) is 1. The van der Waals surface area contributed by atoms with Crippen LogP contribution in [-0.2, 0) is 0 Å². The lowest BCUT2D eigenvalue weighted by Gasteiger charge is -2.20. The molecule has 0 bridgehead atoms. The third kappa shape index (κ3) is 3.39. The van der Waals surface area contributed by atoms with Crippen LogP contribution < -0.4 is 5.32 Å². The Morgan fingerprint density at radius 3 is 2.79 bits per heavy atom. The van der Waals surface area contributed by atoms with Crippen LogP contribution in [0.5, 0.6) is 0 Å². The molecule has 0 saturated heterocycles. The normalized spacial score (nSPS) is 12.4. The molecule has 0 aliphatic carbocycles. The number of benzene rings is 1. The number of halogens is 2. The molecule has 1 atom stereocenters. The van der Waals surface area contributed by atoms with Crippen molar-refractivity contribution < 1.29 is 4.39 Å². The lowest BCUT2D eigenvalue weighted by molar-refractivity contribution is 0.558. The first-order chi connectivity index (χ1) is 9.11. The van der Waals surface area contributed by atoms with E-state index in [1.807, 2.05) is 32.0 Å². The molecule has 0 amide bonds. The van der Waals surface area contributed by atoms with E-state index in [0.717, 1.165) is 22.3 Å². The molecule has 19 heavy (non-hydrogen) atoms. The summed E-state index contributed by atoms with van der Waals surface area (Å²) in [6.45, 7) is 4.71. The highest BCUT2D eigenvalue weighted by Crippen LogP contribution is 2.27. The van der Waals surface area contributed by atoms with E-state index in [0.29, 0.717) is 5.56 Å². The third-order valence-electron chi connectivity index (χ3n) is 2.93. The van der Waals surface area contributed by atoms with Gasteiger partial charge in [0.15, 0.2) is 0 Å². The number of aryl methyl sites for hydroxylation is 1. The zero-order valence-electron chi connectivity index (χ0n) is 11.0. The first-order valence-corrected chi connectivity index (χ1v) is 7.02. The predicted octanol–water partition coefficient (Wildman–Crippen LogP) is 3.99. The van der Waals surface area contributed by atoms with Crippen molar-refractivity contribution in [3.63, 3.8) is 0 Å². The van der Waals surface area contributed by atoms with Gasteiger partial charge in [-0.3, -0.25) is 4.98 Å². The average molecular weight is 323 g/mol. The van der Waals surface area contributed by atoms with Crippen molar-refractivity contribution in [2.75, 3.05) is 6.54 Å². The standard InChI is InChI=1S/C15H16BrFN2/c1-3-18-15(11-6-7-19-10(2)8-11)13-9-12(16)4-5-14(13)17/h4-9,15,18H,3H2,1-2H3. The Labute approximate surface area is 121 Å². The van der Waals surface area contributed by atoms with E-state index in [1.54, 1.807) is 12.3 Å². The van der Waals surface area contributed by atoms with Crippen molar-refractivity contribution in [2.24, 2.45) is 0 Å². The van der Waals surface area contributed by atoms with Crippen molar-refractivity contribution in [3.8, 4) is 0 Å². The van der Waals surface area contributed by atoms with E-state index in [1.165, 1.54) is 6.07 Å². The maximum absolute atomic E-state index is 14.1. The van der Waals surface area contributed by atoms with Gasteiger partial charge in [-0.25, -0.2) is 4.39 Å². The molecule has 100 valence electrons. The molecule has 1 aromatic carbocycles. The zero-order chi connectivity index (χ0) is 13.8. The van der Waals surface area contributed by atoms with E-state index < -0.39 is 0 Å². The maximum atomic E-state index is 14.1. The maximum Gasteiger partial charge on any atom is 0.128 e. The number of aromatic nitrogens is 1. The number of pyridine rings is 1. The third-order valence-corrected chi connectivity index (χ3v) is 3.42. The van der Waals surface area contributed by atoms with E-state index in [2.05, 4.69) is 26.2 Å². The number of hydrogen-bond acceptors (Lipinski definition) is 2. The van der Waals surface area contributed by atoms with Crippen LogP contribution in [0.15, 0.2) is 41.0 Å². The van der Waals surface area contributed by atoms with E-state index in [-0.39, 0.29) is 11.9 Å². The molecule has 0 spiro atoms. The molecule has 0 aliphatic rings. The van der Waals surface area contributed by atoms with Gasteiger partial charge < -0.3 is 5.32 Å². The molecule has 0 radical (unpaired) electrons. The molecular formula is C15H16BrFN2. The van der Waals surface area contributed by atoms with Crippen molar-refractivity contribution in [2.45, 2.75) is 19.9 Å². The molecule has 1 heterocycles. The summed E-state index contributed by atoms with van der Waals surface area (Å²) in [4.78, 5) is 4.19. The van der Waals surface area contributed by atoms with Gasteiger partial charge in [0.25, 0.3) is 0 Å². The van der Waals surface area contributed by atoms with Crippen LogP contribution in [0.2, 0.25) is 0 Å². The summed E-state index contributed by atoms with van der Waals surface area (Å²) in [6.07, 6.45) is 1.75. The van der Waals surface area contributed by atoms with Gasteiger partial charge in [0.05, 0.1) is 6.04 Å². The van der Waals surface area contributed by atoms with Crippen LogP contribution in [0.3, 0.4) is 0 Å². The van der Waals surface area contributed by atoms with Crippen LogP contribution in [0.4, 0.5) is 4.39 Å². The predicted molar refractivity (Wildman–Crippen MR) is 78.6 cm³/mol. The molecule has 1 aromatic heterocycles.